The van der Waals surface area contributed by atoms with Gasteiger partial charge in [0.1, 0.15) is 17.1 Å². The van der Waals surface area contributed by atoms with Crippen LogP contribution < -0.4 is 0 Å². The van der Waals surface area contributed by atoms with E-state index in [9.17, 15) is 15.0 Å². The molecule has 4 nitrogen and oxygen atoms in total. The van der Waals surface area contributed by atoms with Crippen LogP contribution in [0.2, 0.25) is 0 Å². The Morgan fingerprint density at radius 1 is 1.00 bits per heavy atom. The lowest BCUT2D eigenvalue weighted by atomic mass is 9.94. The first-order valence-electron chi connectivity index (χ1n) is 8.73. The Morgan fingerprint density at radius 3 is 2.52 bits per heavy atom. The third kappa shape index (κ3) is 5.15. The van der Waals surface area contributed by atoms with Gasteiger partial charge in [-0.1, -0.05) is 32.6 Å². The first-order valence-corrected chi connectivity index (χ1v) is 8.73. The molecule has 1 aromatic rings. The molecule has 128 valence electrons. The fourth-order valence-electron chi connectivity index (χ4n) is 3.29. The first-order chi connectivity index (χ1) is 11.0. The largest absolute Gasteiger partial charge is 0.508 e. The summed E-state index contributed by atoms with van der Waals surface area (Å²) in [6.07, 6.45) is 7.98. The van der Waals surface area contributed by atoms with E-state index in [1.165, 1.54) is 18.9 Å². The summed E-state index contributed by atoms with van der Waals surface area (Å²) in [6.45, 7) is 4.18. The van der Waals surface area contributed by atoms with E-state index in [1.54, 1.807) is 6.07 Å². The lowest BCUT2D eigenvalue weighted by Crippen LogP contribution is -2.17. The molecule has 0 bridgehead atoms. The van der Waals surface area contributed by atoms with E-state index in [2.05, 4.69) is 6.92 Å². The zero-order valence-corrected chi connectivity index (χ0v) is 14.2. The summed E-state index contributed by atoms with van der Waals surface area (Å²) in [6, 6.07) is 2.77. The summed E-state index contributed by atoms with van der Waals surface area (Å²) in [5.41, 5.74) is 0.880. The quantitative estimate of drug-likeness (QED) is 0.687. The molecule has 2 atom stereocenters. The van der Waals surface area contributed by atoms with Gasteiger partial charge >= 0.3 is 5.97 Å². The van der Waals surface area contributed by atoms with Crippen molar-refractivity contribution in [3.05, 3.63) is 23.3 Å². The molecule has 0 amide bonds. The molecule has 0 radical (unpaired) electrons. The SMILES string of the molecule is CC1CCCCCc2cc(O)cc(O)c2C(=O)OC(C)CCC1. The van der Waals surface area contributed by atoms with Crippen molar-refractivity contribution in [3.8, 4) is 11.5 Å². The van der Waals surface area contributed by atoms with Crippen LogP contribution in [0.15, 0.2) is 12.1 Å². The van der Waals surface area contributed by atoms with Crippen molar-refractivity contribution in [1.82, 2.24) is 0 Å². The highest BCUT2D eigenvalue weighted by molar-refractivity contribution is 5.94. The molecule has 1 aliphatic heterocycles. The fraction of sp³-hybridized carbons (Fsp3) is 0.632. The maximum Gasteiger partial charge on any atom is 0.342 e. The van der Waals surface area contributed by atoms with E-state index in [0.717, 1.165) is 32.1 Å². The van der Waals surface area contributed by atoms with Crippen LogP contribution in [-0.2, 0) is 11.2 Å². The standard InChI is InChI=1S/C19H28O4/c1-13-7-4-3-5-10-15-11-16(20)12-17(21)18(15)19(22)23-14(2)9-6-8-13/h11-14,20-21H,3-10H2,1-2H3. The minimum atomic E-state index is -0.491. The van der Waals surface area contributed by atoms with Gasteiger partial charge in [-0.05, 0) is 50.2 Å². The number of aromatic hydroxyl groups is 2. The van der Waals surface area contributed by atoms with Crippen LogP contribution in [-0.4, -0.2) is 22.3 Å². The van der Waals surface area contributed by atoms with Crippen molar-refractivity contribution in [2.45, 2.75) is 71.3 Å². The van der Waals surface area contributed by atoms with Crippen molar-refractivity contribution in [1.29, 1.82) is 0 Å². The average Bonchev–Trinajstić information content (AvgIpc) is 2.45. The number of benzene rings is 1. The van der Waals surface area contributed by atoms with Gasteiger partial charge in [0.2, 0.25) is 0 Å². The summed E-state index contributed by atoms with van der Waals surface area (Å²) in [4.78, 5) is 12.4. The zero-order valence-electron chi connectivity index (χ0n) is 14.2. The third-order valence-corrected chi connectivity index (χ3v) is 4.65. The van der Waals surface area contributed by atoms with Gasteiger partial charge in [-0.3, -0.25) is 0 Å². The van der Waals surface area contributed by atoms with E-state index in [1.807, 2.05) is 6.92 Å². The van der Waals surface area contributed by atoms with E-state index in [-0.39, 0.29) is 23.2 Å². The van der Waals surface area contributed by atoms with Crippen LogP contribution in [0, 0.1) is 5.92 Å². The predicted molar refractivity (Wildman–Crippen MR) is 89.8 cm³/mol. The van der Waals surface area contributed by atoms with Crippen molar-refractivity contribution >= 4 is 5.97 Å². The Bertz CT molecular complexity index is 538. The normalized spacial score (nSPS) is 24.3. The second kappa shape index (κ2) is 8.23. The topological polar surface area (TPSA) is 66.8 Å². The third-order valence-electron chi connectivity index (χ3n) is 4.65. The van der Waals surface area contributed by atoms with Crippen molar-refractivity contribution < 1.29 is 19.7 Å². The molecule has 23 heavy (non-hydrogen) atoms. The predicted octanol–water partition coefficient (Wildman–Crippen LogP) is 4.57. The number of aryl methyl sites for hydroxylation is 1. The Balaban J connectivity index is 2.21. The molecule has 0 saturated carbocycles. The fourth-order valence-corrected chi connectivity index (χ4v) is 3.29. The molecular formula is C19H28O4. The van der Waals surface area contributed by atoms with Gasteiger partial charge in [-0.25, -0.2) is 4.79 Å². The molecule has 1 aliphatic rings. The number of rotatable bonds is 0. The monoisotopic (exact) mass is 320 g/mol. The summed E-state index contributed by atoms with van der Waals surface area (Å²) >= 11 is 0. The molecule has 0 aromatic heterocycles. The Kier molecular flexibility index (Phi) is 6.31. The molecule has 0 aliphatic carbocycles. The number of hydrogen-bond acceptors (Lipinski definition) is 4. The van der Waals surface area contributed by atoms with Gasteiger partial charge < -0.3 is 14.9 Å². The molecule has 0 fully saturated rings. The average molecular weight is 320 g/mol. The maximum atomic E-state index is 12.4. The Morgan fingerprint density at radius 2 is 1.74 bits per heavy atom. The lowest BCUT2D eigenvalue weighted by molar-refractivity contribution is 0.0313. The number of ether oxygens (including phenoxy) is 1. The van der Waals surface area contributed by atoms with Gasteiger partial charge in [0, 0.05) is 6.07 Å². The number of carbonyl (C=O) groups is 1. The number of phenols is 2. The lowest BCUT2D eigenvalue weighted by Gasteiger charge is -2.18. The van der Waals surface area contributed by atoms with Crippen LogP contribution in [0.3, 0.4) is 0 Å². The molecule has 4 heteroatoms. The van der Waals surface area contributed by atoms with E-state index in [0.29, 0.717) is 17.9 Å². The minimum Gasteiger partial charge on any atom is -0.508 e. The molecule has 0 saturated heterocycles. The first kappa shape index (κ1) is 17.6. The van der Waals surface area contributed by atoms with Gasteiger partial charge in [0.15, 0.2) is 0 Å². The highest BCUT2D eigenvalue weighted by Gasteiger charge is 2.21. The van der Waals surface area contributed by atoms with Crippen LogP contribution in [0.5, 0.6) is 11.5 Å². The number of cyclic esters (lactones) is 1. The molecule has 0 spiro atoms. The Hall–Kier alpha value is -1.71. The van der Waals surface area contributed by atoms with E-state index in [4.69, 9.17) is 4.74 Å². The number of hydrogen-bond donors (Lipinski definition) is 2. The van der Waals surface area contributed by atoms with Gasteiger partial charge in [-0.15, -0.1) is 0 Å². The number of esters is 1. The van der Waals surface area contributed by atoms with Crippen molar-refractivity contribution in [2.24, 2.45) is 5.92 Å². The number of phenolic OH excluding ortho intramolecular Hbond substituents is 2. The zero-order chi connectivity index (χ0) is 16.8. The van der Waals surface area contributed by atoms with Gasteiger partial charge in [0.25, 0.3) is 0 Å². The summed E-state index contributed by atoms with van der Waals surface area (Å²) in [5, 5.41) is 19.8. The second-order valence-corrected chi connectivity index (χ2v) is 6.85. The number of carbonyl (C=O) groups excluding carboxylic acids is 1. The summed E-state index contributed by atoms with van der Waals surface area (Å²) in [7, 11) is 0. The molecule has 2 N–H and O–H groups in total. The second-order valence-electron chi connectivity index (χ2n) is 6.85. The highest BCUT2D eigenvalue weighted by Crippen LogP contribution is 2.30. The molecule has 1 heterocycles. The molecular weight excluding hydrogens is 292 g/mol. The molecule has 2 rings (SSSR count). The molecule has 1 aromatic carbocycles. The Labute approximate surface area is 138 Å². The van der Waals surface area contributed by atoms with Gasteiger partial charge in [0.05, 0.1) is 6.10 Å². The maximum absolute atomic E-state index is 12.4. The van der Waals surface area contributed by atoms with Crippen LogP contribution in [0.1, 0.15) is 74.7 Å². The van der Waals surface area contributed by atoms with Crippen LogP contribution in [0.25, 0.3) is 0 Å². The van der Waals surface area contributed by atoms with Gasteiger partial charge in [-0.2, -0.15) is 0 Å². The highest BCUT2D eigenvalue weighted by atomic mass is 16.5. The summed E-state index contributed by atoms with van der Waals surface area (Å²) in [5.74, 6) is 0.00563. The molecule has 2 unspecified atom stereocenters. The smallest absolute Gasteiger partial charge is 0.342 e. The summed E-state index contributed by atoms with van der Waals surface area (Å²) < 4.78 is 5.50. The van der Waals surface area contributed by atoms with E-state index >= 15 is 0 Å². The van der Waals surface area contributed by atoms with Crippen LogP contribution >= 0.6 is 0 Å². The van der Waals surface area contributed by atoms with E-state index < -0.39 is 5.97 Å². The van der Waals surface area contributed by atoms with Crippen LogP contribution in [0.4, 0.5) is 0 Å². The van der Waals surface area contributed by atoms with Crippen molar-refractivity contribution in [3.63, 3.8) is 0 Å². The minimum absolute atomic E-state index is 0.0168. The van der Waals surface area contributed by atoms with Crippen molar-refractivity contribution in [2.75, 3.05) is 0 Å². The number of fused-ring (bicyclic) bond motifs is 1.